The number of benzene rings is 1. The van der Waals surface area contributed by atoms with Gasteiger partial charge >= 0.3 is 0 Å². The van der Waals surface area contributed by atoms with E-state index in [0.717, 1.165) is 17.5 Å². The Hall–Kier alpha value is -2.17. The van der Waals surface area contributed by atoms with Gasteiger partial charge in [0.2, 0.25) is 0 Å². The predicted octanol–water partition coefficient (Wildman–Crippen LogP) is 4.52. The maximum atomic E-state index is 11.1. The number of nitrogens with one attached hydrogen (secondary N) is 1. The van der Waals surface area contributed by atoms with Gasteiger partial charge in [-0.3, -0.25) is 15.1 Å². The molecular formula is C16H21N3O2. The van der Waals surface area contributed by atoms with E-state index in [-0.39, 0.29) is 10.6 Å². The van der Waals surface area contributed by atoms with Crippen LogP contribution in [0.2, 0.25) is 0 Å². The minimum Gasteiger partial charge on any atom is -0.382 e. The summed E-state index contributed by atoms with van der Waals surface area (Å²) in [6.45, 7) is 4.33. The molecule has 1 unspecified atom stereocenters. The van der Waals surface area contributed by atoms with E-state index in [0.29, 0.717) is 11.4 Å². The molecule has 21 heavy (non-hydrogen) atoms. The van der Waals surface area contributed by atoms with Gasteiger partial charge in [-0.1, -0.05) is 26.2 Å². The number of hydrogen-bond acceptors (Lipinski definition) is 4. The zero-order valence-electron chi connectivity index (χ0n) is 12.5. The lowest BCUT2D eigenvalue weighted by Gasteiger charge is -2.16. The molecule has 0 spiro atoms. The first-order valence-electron chi connectivity index (χ1n) is 7.41. The Morgan fingerprint density at radius 1 is 1.29 bits per heavy atom. The third-order valence-electron chi connectivity index (χ3n) is 3.63. The molecule has 1 aromatic carbocycles. The van der Waals surface area contributed by atoms with Gasteiger partial charge in [0, 0.05) is 35.6 Å². The van der Waals surface area contributed by atoms with Crippen molar-refractivity contribution in [1.82, 2.24) is 4.98 Å². The van der Waals surface area contributed by atoms with Gasteiger partial charge in [-0.15, -0.1) is 0 Å². The van der Waals surface area contributed by atoms with E-state index in [4.69, 9.17) is 0 Å². The largest absolute Gasteiger partial charge is 0.382 e. The number of fused-ring (bicyclic) bond motifs is 1. The van der Waals surface area contributed by atoms with E-state index in [1.54, 1.807) is 30.6 Å². The molecular weight excluding hydrogens is 266 g/mol. The summed E-state index contributed by atoms with van der Waals surface area (Å²) in [7, 11) is 0. The van der Waals surface area contributed by atoms with Crippen molar-refractivity contribution in [1.29, 1.82) is 0 Å². The number of pyridine rings is 1. The fourth-order valence-corrected chi connectivity index (χ4v) is 2.50. The van der Waals surface area contributed by atoms with E-state index < -0.39 is 0 Å². The molecule has 1 aromatic heterocycles. The van der Waals surface area contributed by atoms with Crippen molar-refractivity contribution >= 4 is 22.1 Å². The van der Waals surface area contributed by atoms with Crippen LogP contribution in [-0.4, -0.2) is 15.9 Å². The average Bonchev–Trinajstić information content (AvgIpc) is 2.47. The molecule has 0 radical (unpaired) electrons. The van der Waals surface area contributed by atoms with Gasteiger partial charge in [0.1, 0.15) is 0 Å². The van der Waals surface area contributed by atoms with Gasteiger partial charge in [-0.25, -0.2) is 0 Å². The Balaban J connectivity index is 2.25. The number of nitro benzene ring substituents is 1. The Morgan fingerprint density at radius 3 is 2.81 bits per heavy atom. The van der Waals surface area contributed by atoms with E-state index in [9.17, 15) is 10.1 Å². The molecule has 112 valence electrons. The molecule has 5 nitrogen and oxygen atoms in total. The monoisotopic (exact) mass is 287 g/mol. The Morgan fingerprint density at radius 2 is 2.10 bits per heavy atom. The number of unbranched alkanes of at least 4 members (excludes halogenated alkanes) is 2. The van der Waals surface area contributed by atoms with Crippen molar-refractivity contribution in [3.63, 3.8) is 0 Å². The van der Waals surface area contributed by atoms with Crippen molar-refractivity contribution in [2.75, 3.05) is 5.32 Å². The lowest BCUT2D eigenvalue weighted by Crippen LogP contribution is -2.15. The molecule has 0 amide bonds. The molecule has 0 fully saturated rings. The van der Waals surface area contributed by atoms with Crippen molar-refractivity contribution in [3.05, 3.63) is 40.7 Å². The van der Waals surface area contributed by atoms with E-state index >= 15 is 0 Å². The highest BCUT2D eigenvalue weighted by Crippen LogP contribution is 2.31. The highest BCUT2D eigenvalue weighted by molar-refractivity contribution is 5.99. The van der Waals surface area contributed by atoms with Crippen LogP contribution >= 0.6 is 0 Å². The molecule has 2 rings (SSSR count). The first-order valence-corrected chi connectivity index (χ1v) is 7.41. The van der Waals surface area contributed by atoms with Crippen LogP contribution < -0.4 is 5.32 Å². The molecule has 0 aliphatic heterocycles. The topological polar surface area (TPSA) is 68.1 Å². The number of non-ortho nitro benzene ring substituents is 1. The summed E-state index contributed by atoms with van der Waals surface area (Å²) in [5, 5.41) is 16.0. The van der Waals surface area contributed by atoms with E-state index in [1.165, 1.54) is 19.3 Å². The number of anilines is 1. The molecule has 5 heteroatoms. The van der Waals surface area contributed by atoms with Gasteiger partial charge in [-0.2, -0.15) is 0 Å². The normalized spacial score (nSPS) is 12.3. The summed E-state index contributed by atoms with van der Waals surface area (Å²) >= 11 is 0. The highest BCUT2D eigenvalue weighted by Gasteiger charge is 2.15. The fraction of sp³-hybridized carbons (Fsp3) is 0.438. The molecule has 1 N–H and O–H groups in total. The number of nitro groups is 1. The van der Waals surface area contributed by atoms with Gasteiger partial charge in [0.05, 0.1) is 10.3 Å². The van der Waals surface area contributed by atoms with Crippen LogP contribution in [-0.2, 0) is 0 Å². The Bertz CT molecular complexity index is 628. The standard InChI is InChI=1S/C16H21N3O2/c1-3-4-5-6-12(2)18-15-7-8-16(19(20)21)13-9-10-17-11-14(13)15/h7-12,18H,3-6H2,1-2H3. The van der Waals surface area contributed by atoms with Crippen LogP contribution in [0.1, 0.15) is 39.5 Å². The van der Waals surface area contributed by atoms with Crippen LogP contribution in [0.3, 0.4) is 0 Å². The maximum absolute atomic E-state index is 11.1. The summed E-state index contributed by atoms with van der Waals surface area (Å²) in [6, 6.07) is 5.36. The molecule has 1 heterocycles. The predicted molar refractivity (Wildman–Crippen MR) is 85.6 cm³/mol. The van der Waals surface area contributed by atoms with Gasteiger partial charge in [0.15, 0.2) is 0 Å². The first kappa shape index (κ1) is 15.2. The maximum Gasteiger partial charge on any atom is 0.277 e. The van der Waals surface area contributed by atoms with Crippen LogP contribution in [0.5, 0.6) is 0 Å². The minimum absolute atomic E-state index is 0.122. The molecule has 0 aliphatic rings. The van der Waals surface area contributed by atoms with Crippen LogP contribution in [0.4, 0.5) is 11.4 Å². The van der Waals surface area contributed by atoms with Gasteiger partial charge in [-0.05, 0) is 25.5 Å². The number of aromatic nitrogens is 1. The quantitative estimate of drug-likeness (QED) is 0.461. The second kappa shape index (κ2) is 7.02. The summed E-state index contributed by atoms with van der Waals surface area (Å²) < 4.78 is 0. The summed E-state index contributed by atoms with van der Waals surface area (Å²) in [6.07, 6.45) is 7.99. The summed E-state index contributed by atoms with van der Waals surface area (Å²) in [5.41, 5.74) is 1.03. The van der Waals surface area contributed by atoms with Gasteiger partial charge in [0.25, 0.3) is 5.69 Å². The molecule has 0 saturated carbocycles. The van der Waals surface area contributed by atoms with E-state index in [1.807, 2.05) is 0 Å². The lowest BCUT2D eigenvalue weighted by molar-refractivity contribution is -0.383. The Kier molecular flexibility index (Phi) is 5.09. The van der Waals surface area contributed by atoms with E-state index in [2.05, 4.69) is 24.1 Å². The third-order valence-corrected chi connectivity index (χ3v) is 3.63. The smallest absolute Gasteiger partial charge is 0.277 e. The molecule has 0 bridgehead atoms. The SMILES string of the molecule is CCCCCC(C)Nc1ccc([N+](=O)[O-])c2ccncc12. The van der Waals surface area contributed by atoms with Crippen molar-refractivity contribution in [2.45, 2.75) is 45.6 Å². The van der Waals surface area contributed by atoms with Gasteiger partial charge < -0.3 is 5.32 Å². The third kappa shape index (κ3) is 3.68. The zero-order chi connectivity index (χ0) is 15.2. The molecule has 0 aliphatic carbocycles. The second-order valence-electron chi connectivity index (χ2n) is 5.35. The van der Waals surface area contributed by atoms with Crippen LogP contribution in [0.15, 0.2) is 30.6 Å². The summed E-state index contributed by atoms with van der Waals surface area (Å²) in [4.78, 5) is 14.8. The second-order valence-corrected chi connectivity index (χ2v) is 5.35. The fourth-order valence-electron chi connectivity index (χ4n) is 2.50. The minimum atomic E-state index is -0.350. The number of nitrogens with zero attached hydrogens (tertiary/aromatic N) is 2. The molecule has 1 atom stereocenters. The van der Waals surface area contributed by atoms with Crippen molar-refractivity contribution in [3.8, 4) is 0 Å². The average molecular weight is 287 g/mol. The van der Waals surface area contributed by atoms with Crippen molar-refractivity contribution < 1.29 is 4.92 Å². The number of hydrogen-bond donors (Lipinski definition) is 1. The van der Waals surface area contributed by atoms with Crippen LogP contribution in [0, 0.1) is 10.1 Å². The zero-order valence-corrected chi connectivity index (χ0v) is 12.5. The number of rotatable bonds is 7. The molecule has 2 aromatic rings. The lowest BCUT2D eigenvalue weighted by atomic mass is 10.1. The first-order chi connectivity index (χ1) is 10.1. The van der Waals surface area contributed by atoms with Crippen LogP contribution in [0.25, 0.3) is 10.8 Å². The highest BCUT2D eigenvalue weighted by atomic mass is 16.6. The van der Waals surface area contributed by atoms with Crippen molar-refractivity contribution in [2.24, 2.45) is 0 Å². The summed E-state index contributed by atoms with van der Waals surface area (Å²) in [5.74, 6) is 0. The molecule has 0 saturated heterocycles. The Labute approximate surface area is 124 Å².